The summed E-state index contributed by atoms with van der Waals surface area (Å²) >= 11 is 0. The van der Waals surface area contributed by atoms with E-state index in [2.05, 4.69) is 10.3 Å². The zero-order chi connectivity index (χ0) is 16.1. The molecule has 0 aromatic rings. The van der Waals surface area contributed by atoms with E-state index in [9.17, 15) is 30.6 Å². The molecule has 1 aliphatic carbocycles. The molecule has 4 aliphatic heterocycles. The van der Waals surface area contributed by atoms with E-state index in [4.69, 9.17) is 15.2 Å². The Bertz CT molecular complexity index is 561. The molecule has 4 heterocycles. The highest BCUT2D eigenvalue weighted by Gasteiger charge is 2.84. The van der Waals surface area contributed by atoms with Gasteiger partial charge in [0.1, 0.15) is 23.9 Å². The Labute approximate surface area is 123 Å². The Morgan fingerprint density at radius 1 is 1.18 bits per heavy atom. The first-order chi connectivity index (χ1) is 10.2. The third kappa shape index (κ3) is 1.28. The SMILES string of the molecule is NC1=[NH+]C(O)C2C3OC4(O)OC(C(O)C2(N1)C4O)C3(O)CO. The van der Waals surface area contributed by atoms with Gasteiger partial charge in [0.05, 0.1) is 12.5 Å². The van der Waals surface area contributed by atoms with E-state index in [1.165, 1.54) is 0 Å². The van der Waals surface area contributed by atoms with Crippen LogP contribution < -0.4 is 16.0 Å². The number of hydrogen-bond acceptors (Lipinski definition) is 10. The van der Waals surface area contributed by atoms with E-state index in [-0.39, 0.29) is 5.96 Å². The lowest BCUT2D eigenvalue weighted by molar-refractivity contribution is -0.621. The Hall–Kier alpha value is -1.05. The molecular formula is C11H18N3O8+. The fourth-order valence-corrected chi connectivity index (χ4v) is 4.30. The number of rotatable bonds is 1. The van der Waals surface area contributed by atoms with E-state index in [1.807, 2.05) is 0 Å². The van der Waals surface area contributed by atoms with Gasteiger partial charge in [0, 0.05) is 0 Å². The molecule has 10 N–H and O–H groups in total. The minimum atomic E-state index is -2.50. The summed E-state index contributed by atoms with van der Waals surface area (Å²) in [5.41, 5.74) is 1.84. The van der Waals surface area contributed by atoms with Crippen molar-refractivity contribution in [3.8, 4) is 0 Å². The largest absolute Gasteiger partial charge is 0.393 e. The number of ether oxygens (including phenoxy) is 2. The summed E-state index contributed by atoms with van der Waals surface area (Å²) < 4.78 is 10.3. The van der Waals surface area contributed by atoms with E-state index in [1.54, 1.807) is 0 Å². The molecule has 9 unspecified atom stereocenters. The van der Waals surface area contributed by atoms with Crippen molar-refractivity contribution in [2.45, 2.75) is 47.8 Å². The maximum atomic E-state index is 10.6. The van der Waals surface area contributed by atoms with Crippen molar-refractivity contribution in [1.82, 2.24) is 5.32 Å². The van der Waals surface area contributed by atoms with Crippen molar-refractivity contribution in [3.05, 3.63) is 0 Å². The van der Waals surface area contributed by atoms with Gasteiger partial charge in [-0.2, -0.15) is 0 Å². The molecule has 0 amide bonds. The number of hydrogen-bond donors (Lipinski definition) is 9. The molecule has 11 nitrogen and oxygen atoms in total. The van der Waals surface area contributed by atoms with Crippen LogP contribution in [-0.2, 0) is 9.47 Å². The summed E-state index contributed by atoms with van der Waals surface area (Å²) in [4.78, 5) is 2.47. The Morgan fingerprint density at radius 3 is 2.45 bits per heavy atom. The minimum absolute atomic E-state index is 0.125. The molecule has 0 radical (unpaired) electrons. The van der Waals surface area contributed by atoms with Crippen LogP contribution in [0.25, 0.3) is 0 Å². The molecule has 1 saturated carbocycles. The van der Waals surface area contributed by atoms with Crippen LogP contribution in [0, 0.1) is 5.92 Å². The first-order valence-electron chi connectivity index (χ1n) is 6.83. The average molecular weight is 320 g/mol. The van der Waals surface area contributed by atoms with Crippen LogP contribution in [0.15, 0.2) is 0 Å². The fraction of sp³-hybridized carbons (Fsp3) is 0.909. The second kappa shape index (κ2) is 3.88. The van der Waals surface area contributed by atoms with E-state index >= 15 is 0 Å². The standard InChI is InChI=1S/C11H17N3O8/c12-8-13-6(17)2-4-9(19,1-15)5-3(16)10(2,14-8)7(18)11(20,21-4)22-5/h2-7,15-20H,1H2,(H3,12,13,14)/p+1. The monoisotopic (exact) mass is 320 g/mol. The summed E-state index contributed by atoms with van der Waals surface area (Å²) in [5.74, 6) is -3.75. The molecule has 4 bridgehead atoms. The number of aliphatic hydroxyl groups excluding tert-OH is 4. The summed E-state index contributed by atoms with van der Waals surface area (Å²) in [6.45, 7) is -0.843. The van der Waals surface area contributed by atoms with Gasteiger partial charge >= 0.3 is 11.9 Å². The van der Waals surface area contributed by atoms with Crippen molar-refractivity contribution >= 4 is 5.96 Å². The molecule has 5 rings (SSSR count). The van der Waals surface area contributed by atoms with Crippen LogP contribution in [-0.4, -0.2) is 91.0 Å². The van der Waals surface area contributed by atoms with E-state index in [0.717, 1.165) is 0 Å². The Balaban J connectivity index is 1.95. The molecule has 0 aromatic carbocycles. The summed E-state index contributed by atoms with van der Waals surface area (Å²) in [7, 11) is 0. The quantitative estimate of drug-likeness (QED) is 0.224. The second-order valence-electron chi connectivity index (χ2n) is 6.29. The molecule has 9 atom stereocenters. The molecule has 0 aromatic heterocycles. The molecule has 22 heavy (non-hydrogen) atoms. The highest BCUT2D eigenvalue weighted by molar-refractivity contribution is 5.74. The summed E-state index contributed by atoms with van der Waals surface area (Å²) in [6, 6.07) is 0. The van der Waals surface area contributed by atoms with Crippen LogP contribution in [0.3, 0.4) is 0 Å². The van der Waals surface area contributed by atoms with Gasteiger partial charge in [0.2, 0.25) is 0 Å². The van der Waals surface area contributed by atoms with E-state index in [0.29, 0.717) is 0 Å². The van der Waals surface area contributed by atoms with Crippen molar-refractivity contribution in [2.24, 2.45) is 11.7 Å². The Morgan fingerprint density at radius 2 is 1.82 bits per heavy atom. The topological polar surface area (TPSA) is 192 Å². The molecule has 1 spiro atoms. The maximum absolute atomic E-state index is 10.6. The average Bonchev–Trinajstić information content (AvgIpc) is 2.45. The lowest BCUT2D eigenvalue weighted by Crippen LogP contribution is -3.03. The van der Waals surface area contributed by atoms with Gasteiger partial charge in [0.25, 0.3) is 0 Å². The molecule has 11 heteroatoms. The van der Waals surface area contributed by atoms with Crippen molar-refractivity contribution < 1.29 is 45.1 Å². The van der Waals surface area contributed by atoms with Gasteiger partial charge in [-0.1, -0.05) is 0 Å². The molecule has 3 saturated heterocycles. The van der Waals surface area contributed by atoms with Gasteiger partial charge < -0.3 is 40.1 Å². The zero-order valence-corrected chi connectivity index (χ0v) is 11.2. The predicted octanol–water partition coefficient (Wildman–Crippen LogP) is -7.44. The van der Waals surface area contributed by atoms with Gasteiger partial charge in [0.15, 0.2) is 17.9 Å². The number of nitrogens with one attached hydrogen (secondary N) is 2. The third-order valence-corrected chi connectivity index (χ3v) is 5.28. The van der Waals surface area contributed by atoms with Crippen LogP contribution in [0.4, 0.5) is 0 Å². The van der Waals surface area contributed by atoms with Gasteiger partial charge in [-0.25, -0.2) is 0 Å². The van der Waals surface area contributed by atoms with Crippen LogP contribution in [0.5, 0.6) is 0 Å². The smallest absolute Gasteiger partial charge is 0.343 e. The van der Waals surface area contributed by atoms with Crippen molar-refractivity contribution in [2.75, 3.05) is 6.61 Å². The molecule has 5 aliphatic rings. The Kier molecular flexibility index (Phi) is 2.57. The first-order valence-corrected chi connectivity index (χ1v) is 6.83. The van der Waals surface area contributed by atoms with Gasteiger partial charge in [-0.3, -0.25) is 16.0 Å². The van der Waals surface area contributed by atoms with Crippen LogP contribution in [0.2, 0.25) is 0 Å². The summed E-state index contributed by atoms with van der Waals surface area (Å²) in [5, 5.41) is 64.5. The fourth-order valence-electron chi connectivity index (χ4n) is 4.30. The number of nitrogens with two attached hydrogens (primary N) is 1. The lowest BCUT2D eigenvalue weighted by atomic mass is 9.55. The number of guanidine groups is 1. The first kappa shape index (κ1) is 14.5. The normalized spacial score (nSPS) is 62.4. The maximum Gasteiger partial charge on any atom is 0.343 e. The summed E-state index contributed by atoms with van der Waals surface area (Å²) in [6.07, 6.45) is -7.56. The molecular weight excluding hydrogens is 302 g/mol. The highest BCUT2D eigenvalue weighted by Crippen LogP contribution is 2.57. The second-order valence-corrected chi connectivity index (χ2v) is 6.29. The number of aliphatic hydroxyl groups is 6. The third-order valence-electron chi connectivity index (χ3n) is 5.28. The van der Waals surface area contributed by atoms with Crippen LogP contribution in [0.1, 0.15) is 0 Å². The van der Waals surface area contributed by atoms with Crippen molar-refractivity contribution in [1.29, 1.82) is 0 Å². The minimum Gasteiger partial charge on any atom is -0.393 e. The molecule has 124 valence electrons. The van der Waals surface area contributed by atoms with Crippen LogP contribution >= 0.6 is 0 Å². The molecule has 4 fully saturated rings. The predicted molar refractivity (Wildman–Crippen MR) is 64.3 cm³/mol. The van der Waals surface area contributed by atoms with Gasteiger partial charge in [-0.05, 0) is 0 Å². The van der Waals surface area contributed by atoms with Gasteiger partial charge in [-0.15, -0.1) is 0 Å². The van der Waals surface area contributed by atoms with Crippen molar-refractivity contribution in [3.63, 3.8) is 0 Å². The zero-order valence-electron chi connectivity index (χ0n) is 11.2. The highest BCUT2D eigenvalue weighted by atomic mass is 16.9. The lowest BCUT2D eigenvalue weighted by Gasteiger charge is -2.69. The van der Waals surface area contributed by atoms with E-state index < -0.39 is 60.3 Å².